The molecule has 3 rings (SSSR count). The van der Waals surface area contributed by atoms with Crippen LogP contribution in [0, 0.1) is 0 Å². The molecule has 1 fully saturated rings. The van der Waals surface area contributed by atoms with Gasteiger partial charge < -0.3 is 14.2 Å². The van der Waals surface area contributed by atoms with Gasteiger partial charge >= 0.3 is 0 Å². The van der Waals surface area contributed by atoms with Crippen LogP contribution in [0.2, 0.25) is 0 Å². The van der Waals surface area contributed by atoms with Crippen molar-refractivity contribution in [2.45, 2.75) is 30.1 Å². The fourth-order valence-corrected chi connectivity index (χ4v) is 3.43. The number of carbonyl (C=O) groups is 1. The van der Waals surface area contributed by atoms with E-state index in [-0.39, 0.29) is 12.0 Å². The molecule has 0 saturated carbocycles. The molecule has 122 valence electrons. The summed E-state index contributed by atoms with van der Waals surface area (Å²) in [5.74, 6) is 0.498. The molecule has 1 aliphatic rings. The number of rotatable bonds is 4. The summed E-state index contributed by atoms with van der Waals surface area (Å²) in [5, 5.41) is 4.23. The molecule has 1 amide bonds. The van der Waals surface area contributed by atoms with Gasteiger partial charge in [0.05, 0.1) is 18.7 Å². The minimum atomic E-state index is -0.337. The van der Waals surface area contributed by atoms with E-state index in [1.165, 1.54) is 6.39 Å². The molecular weight excluding hydrogens is 314 g/mol. The Hall–Kier alpha value is -1.86. The van der Waals surface area contributed by atoms with Crippen molar-refractivity contribution in [1.29, 1.82) is 0 Å². The van der Waals surface area contributed by atoms with Crippen LogP contribution in [-0.4, -0.2) is 45.9 Å². The van der Waals surface area contributed by atoms with Gasteiger partial charge in [0.15, 0.2) is 0 Å². The number of ether oxygens (including phenoxy) is 1. The zero-order chi connectivity index (χ0) is 16.2. The third-order valence-corrected chi connectivity index (χ3v) is 4.58. The first-order chi connectivity index (χ1) is 11.1. The predicted octanol–water partition coefficient (Wildman–Crippen LogP) is 2.78. The average molecular weight is 333 g/mol. The normalized spacial score (nSPS) is 18.4. The number of hydrogen-bond acceptors (Lipinski definition) is 6. The number of aromatic nitrogens is 2. The van der Waals surface area contributed by atoms with Gasteiger partial charge in [0.1, 0.15) is 6.10 Å². The molecule has 0 bridgehead atoms. The van der Waals surface area contributed by atoms with Crippen molar-refractivity contribution in [1.82, 2.24) is 15.0 Å². The summed E-state index contributed by atoms with van der Waals surface area (Å²) in [4.78, 5) is 19.7. The fraction of sp³-hybridized carbons (Fsp3) is 0.438. The Bertz CT molecular complexity index is 660. The molecule has 1 aromatic carbocycles. The van der Waals surface area contributed by atoms with Crippen LogP contribution in [0.3, 0.4) is 0 Å². The van der Waals surface area contributed by atoms with E-state index in [2.05, 4.69) is 24.0 Å². The lowest BCUT2D eigenvalue weighted by Gasteiger charge is -2.32. The first-order valence-electron chi connectivity index (χ1n) is 7.58. The predicted molar refractivity (Wildman–Crippen MR) is 86.3 cm³/mol. The second kappa shape index (κ2) is 7.14. The van der Waals surface area contributed by atoms with E-state index in [4.69, 9.17) is 9.26 Å². The van der Waals surface area contributed by atoms with E-state index >= 15 is 0 Å². The molecule has 1 saturated heterocycles. The highest BCUT2D eigenvalue weighted by Gasteiger charge is 2.29. The number of benzene rings is 1. The molecule has 1 aliphatic heterocycles. The first kappa shape index (κ1) is 16.0. The number of hydrogen-bond donors (Lipinski definition) is 0. The van der Waals surface area contributed by atoms with Crippen molar-refractivity contribution >= 4 is 17.7 Å². The molecule has 1 aromatic heterocycles. The minimum Gasteiger partial charge on any atom is -0.366 e. The van der Waals surface area contributed by atoms with Crippen LogP contribution in [0.5, 0.6) is 0 Å². The van der Waals surface area contributed by atoms with Crippen LogP contribution >= 0.6 is 11.8 Å². The number of nitrogens with zero attached hydrogens (tertiary/aromatic N) is 3. The monoisotopic (exact) mass is 333 g/mol. The van der Waals surface area contributed by atoms with Gasteiger partial charge in [-0.1, -0.05) is 31.1 Å². The minimum absolute atomic E-state index is 0.0190. The van der Waals surface area contributed by atoms with Gasteiger partial charge in [-0.15, -0.1) is 11.8 Å². The van der Waals surface area contributed by atoms with Crippen LogP contribution < -0.4 is 0 Å². The maximum Gasteiger partial charge on any atom is 0.255 e. The molecule has 7 heteroatoms. The van der Waals surface area contributed by atoms with E-state index in [1.54, 1.807) is 16.7 Å². The Morgan fingerprint density at radius 1 is 1.39 bits per heavy atom. The number of carbonyl (C=O) groups excluding carboxylic acids is 1. The van der Waals surface area contributed by atoms with Gasteiger partial charge in [-0.3, -0.25) is 4.79 Å². The summed E-state index contributed by atoms with van der Waals surface area (Å²) < 4.78 is 10.4. The van der Waals surface area contributed by atoms with Gasteiger partial charge in [0, 0.05) is 16.7 Å². The van der Waals surface area contributed by atoms with Crippen molar-refractivity contribution in [2.75, 3.05) is 19.7 Å². The highest BCUT2D eigenvalue weighted by atomic mass is 32.2. The molecule has 2 heterocycles. The molecule has 6 nitrogen and oxygen atoms in total. The first-order valence-corrected chi connectivity index (χ1v) is 8.46. The average Bonchev–Trinajstić information content (AvgIpc) is 3.09. The third kappa shape index (κ3) is 3.73. The van der Waals surface area contributed by atoms with E-state index in [9.17, 15) is 4.79 Å². The Kier molecular flexibility index (Phi) is 4.97. The summed E-state index contributed by atoms with van der Waals surface area (Å²) in [6.07, 6.45) is 0.935. The molecular formula is C16H19N3O3S. The molecule has 0 spiro atoms. The third-order valence-electron chi connectivity index (χ3n) is 3.50. The lowest BCUT2D eigenvalue weighted by molar-refractivity contribution is -0.0277. The van der Waals surface area contributed by atoms with Crippen molar-refractivity contribution in [3.8, 4) is 0 Å². The van der Waals surface area contributed by atoms with Crippen molar-refractivity contribution < 1.29 is 14.1 Å². The highest BCUT2D eigenvalue weighted by molar-refractivity contribution is 8.00. The summed E-state index contributed by atoms with van der Waals surface area (Å²) >= 11 is 1.70. The van der Waals surface area contributed by atoms with Crippen LogP contribution in [0.15, 0.2) is 40.1 Å². The Balaban J connectivity index is 1.77. The van der Waals surface area contributed by atoms with E-state index in [1.807, 2.05) is 24.3 Å². The zero-order valence-electron chi connectivity index (χ0n) is 13.1. The van der Waals surface area contributed by atoms with Crippen molar-refractivity contribution in [3.63, 3.8) is 0 Å². The molecule has 2 aromatic rings. The summed E-state index contributed by atoms with van der Waals surface area (Å²) in [6.45, 7) is 5.69. The van der Waals surface area contributed by atoms with Crippen LogP contribution in [-0.2, 0) is 4.74 Å². The lowest BCUT2D eigenvalue weighted by Crippen LogP contribution is -2.42. The van der Waals surface area contributed by atoms with Crippen LogP contribution in [0.1, 0.15) is 36.1 Å². The van der Waals surface area contributed by atoms with Gasteiger partial charge in [0.25, 0.3) is 5.91 Å². The van der Waals surface area contributed by atoms with Gasteiger partial charge in [-0.2, -0.15) is 4.98 Å². The lowest BCUT2D eigenvalue weighted by atomic mass is 10.1. The van der Waals surface area contributed by atoms with Crippen LogP contribution in [0.4, 0.5) is 0 Å². The van der Waals surface area contributed by atoms with Gasteiger partial charge in [-0.05, 0) is 12.1 Å². The molecule has 0 radical (unpaired) electrons. The quantitative estimate of drug-likeness (QED) is 0.802. The SMILES string of the molecule is CC(C)Sc1ccccc1C(=O)N1CCO[C@H](c2ncon2)C1. The summed E-state index contributed by atoms with van der Waals surface area (Å²) in [5.41, 5.74) is 0.736. The van der Waals surface area contributed by atoms with E-state index < -0.39 is 0 Å². The van der Waals surface area contributed by atoms with E-state index in [0.717, 1.165) is 10.5 Å². The van der Waals surface area contributed by atoms with E-state index in [0.29, 0.717) is 30.8 Å². The second-order valence-electron chi connectivity index (χ2n) is 5.56. The number of amides is 1. The van der Waals surface area contributed by atoms with Gasteiger partial charge in [-0.25, -0.2) is 0 Å². The Morgan fingerprint density at radius 3 is 2.96 bits per heavy atom. The van der Waals surface area contributed by atoms with Crippen LogP contribution in [0.25, 0.3) is 0 Å². The second-order valence-corrected chi connectivity index (χ2v) is 7.18. The molecule has 23 heavy (non-hydrogen) atoms. The standard InChI is InChI=1S/C16H19N3O3S/c1-11(2)23-14-6-4-3-5-12(14)16(20)19-7-8-21-13(9-19)15-17-10-22-18-15/h3-6,10-11,13H,7-9H2,1-2H3/t13-/m0/s1. The summed E-state index contributed by atoms with van der Waals surface area (Å²) in [7, 11) is 0. The summed E-state index contributed by atoms with van der Waals surface area (Å²) in [6, 6.07) is 7.73. The largest absolute Gasteiger partial charge is 0.366 e. The fourth-order valence-electron chi connectivity index (χ4n) is 2.48. The maximum atomic E-state index is 12.9. The zero-order valence-corrected chi connectivity index (χ0v) is 14.0. The number of thioether (sulfide) groups is 1. The molecule has 0 aliphatic carbocycles. The van der Waals surface area contributed by atoms with Gasteiger partial charge in [0.2, 0.25) is 12.2 Å². The topological polar surface area (TPSA) is 68.5 Å². The maximum absolute atomic E-state index is 12.9. The molecule has 1 atom stereocenters. The molecule has 0 N–H and O–H groups in total. The molecule has 0 unspecified atom stereocenters. The van der Waals surface area contributed by atoms with Crippen molar-refractivity contribution in [2.24, 2.45) is 0 Å². The number of morpholine rings is 1. The highest BCUT2D eigenvalue weighted by Crippen LogP contribution is 2.28. The Morgan fingerprint density at radius 2 is 2.22 bits per heavy atom. The van der Waals surface area contributed by atoms with Crippen molar-refractivity contribution in [3.05, 3.63) is 42.0 Å². The Labute approximate surface area is 139 Å². The smallest absolute Gasteiger partial charge is 0.255 e.